The minimum Gasteiger partial charge on any atom is -0.445 e. The van der Waals surface area contributed by atoms with Crippen LogP contribution in [0.3, 0.4) is 0 Å². The number of hydrogen-bond donors (Lipinski definition) is 2. The second kappa shape index (κ2) is 8.09. The van der Waals surface area contributed by atoms with Gasteiger partial charge in [0.15, 0.2) is 0 Å². The Labute approximate surface area is 146 Å². The Morgan fingerprint density at radius 1 is 1.28 bits per heavy atom. The maximum atomic E-state index is 13.4. The summed E-state index contributed by atoms with van der Waals surface area (Å²) in [4.78, 5) is 14.0. The topological polar surface area (TPSA) is 67.6 Å². The van der Waals surface area contributed by atoms with Gasteiger partial charge in [0.1, 0.15) is 12.4 Å². The van der Waals surface area contributed by atoms with Gasteiger partial charge in [-0.15, -0.1) is 0 Å². The van der Waals surface area contributed by atoms with Crippen LogP contribution in [0.4, 0.5) is 9.18 Å². The zero-order valence-electron chi connectivity index (χ0n) is 14.0. The first kappa shape index (κ1) is 17.4. The molecule has 0 aliphatic carbocycles. The maximum absolute atomic E-state index is 13.4. The first-order valence-corrected chi connectivity index (χ1v) is 8.35. The molecule has 2 aromatic rings. The van der Waals surface area contributed by atoms with Crippen LogP contribution in [0.2, 0.25) is 0 Å². The van der Waals surface area contributed by atoms with Gasteiger partial charge < -0.3 is 20.7 Å². The summed E-state index contributed by atoms with van der Waals surface area (Å²) in [5, 5.41) is 3.36. The molecule has 25 heavy (non-hydrogen) atoms. The van der Waals surface area contributed by atoms with Crippen molar-refractivity contribution in [3.63, 3.8) is 0 Å². The zero-order chi connectivity index (χ0) is 17.6. The maximum Gasteiger partial charge on any atom is 0.410 e. The molecule has 3 rings (SSSR count). The van der Waals surface area contributed by atoms with Crippen molar-refractivity contribution < 1.29 is 13.9 Å². The Morgan fingerprint density at radius 3 is 2.84 bits per heavy atom. The third-order valence-corrected chi connectivity index (χ3v) is 4.34. The van der Waals surface area contributed by atoms with E-state index in [1.807, 2.05) is 30.3 Å². The molecule has 1 atom stereocenters. The van der Waals surface area contributed by atoms with Crippen LogP contribution >= 0.6 is 0 Å². The van der Waals surface area contributed by atoms with Gasteiger partial charge in [0.25, 0.3) is 0 Å². The second-order valence-electron chi connectivity index (χ2n) is 6.04. The fraction of sp³-hybridized carbons (Fsp3) is 0.316. The van der Waals surface area contributed by atoms with Crippen LogP contribution < -0.4 is 11.1 Å². The van der Waals surface area contributed by atoms with E-state index in [1.165, 1.54) is 12.1 Å². The summed E-state index contributed by atoms with van der Waals surface area (Å²) in [6.07, 6.45) is -0.341. The smallest absolute Gasteiger partial charge is 0.410 e. The van der Waals surface area contributed by atoms with Crippen molar-refractivity contribution in [2.45, 2.75) is 19.2 Å². The molecule has 2 aromatic carbocycles. The van der Waals surface area contributed by atoms with Crippen molar-refractivity contribution in [1.29, 1.82) is 0 Å². The number of ether oxygens (including phenoxy) is 1. The summed E-state index contributed by atoms with van der Waals surface area (Å²) in [5.41, 5.74) is 8.35. The lowest BCUT2D eigenvalue weighted by molar-refractivity contribution is 0.0849. The van der Waals surface area contributed by atoms with Gasteiger partial charge in [0.2, 0.25) is 0 Å². The zero-order valence-corrected chi connectivity index (χ0v) is 14.0. The predicted octanol–water partition coefficient (Wildman–Crippen LogP) is 2.57. The van der Waals surface area contributed by atoms with E-state index in [2.05, 4.69) is 5.32 Å². The number of carbonyl (C=O) groups excluding carboxylic acids is 1. The summed E-state index contributed by atoms with van der Waals surface area (Å²) in [5.74, 6) is -0.306. The highest BCUT2D eigenvalue weighted by molar-refractivity contribution is 5.68. The van der Waals surface area contributed by atoms with Crippen molar-refractivity contribution in [3.8, 4) is 0 Å². The van der Waals surface area contributed by atoms with Crippen molar-refractivity contribution in [3.05, 3.63) is 71.0 Å². The van der Waals surface area contributed by atoms with Gasteiger partial charge in [0.05, 0.1) is 6.04 Å². The van der Waals surface area contributed by atoms with Gasteiger partial charge in [-0.05, 0) is 28.8 Å². The molecule has 0 bridgehead atoms. The molecule has 132 valence electrons. The van der Waals surface area contributed by atoms with E-state index in [-0.39, 0.29) is 31.1 Å². The summed E-state index contributed by atoms with van der Waals surface area (Å²) in [6, 6.07) is 14.1. The van der Waals surface area contributed by atoms with Crippen molar-refractivity contribution in [2.75, 3.05) is 19.6 Å². The third-order valence-electron chi connectivity index (χ3n) is 4.34. The Balaban J connectivity index is 1.63. The third kappa shape index (κ3) is 4.35. The van der Waals surface area contributed by atoms with E-state index >= 15 is 0 Å². The number of amides is 1. The van der Waals surface area contributed by atoms with E-state index in [1.54, 1.807) is 11.0 Å². The van der Waals surface area contributed by atoms with Gasteiger partial charge >= 0.3 is 6.09 Å². The lowest BCUT2D eigenvalue weighted by atomic mass is 9.98. The summed E-state index contributed by atoms with van der Waals surface area (Å²) in [7, 11) is 0. The number of benzene rings is 2. The van der Waals surface area contributed by atoms with Crippen LogP contribution in [0.25, 0.3) is 0 Å². The number of nitrogens with two attached hydrogens (primary N) is 1. The van der Waals surface area contributed by atoms with Crippen molar-refractivity contribution in [1.82, 2.24) is 10.2 Å². The number of halogens is 1. The molecule has 1 amide bonds. The predicted molar refractivity (Wildman–Crippen MR) is 93.2 cm³/mol. The molecule has 0 spiro atoms. The fourth-order valence-electron chi connectivity index (χ4n) is 3.03. The highest BCUT2D eigenvalue weighted by atomic mass is 19.1. The SMILES string of the molecule is NCc1cc(F)ccc1C1CN(C(=O)OCc2ccccc2)CCN1. The molecule has 3 N–H and O–H groups in total. The fourth-order valence-corrected chi connectivity index (χ4v) is 3.03. The van der Waals surface area contributed by atoms with Gasteiger partial charge in [-0.25, -0.2) is 9.18 Å². The van der Waals surface area contributed by atoms with Gasteiger partial charge in [0, 0.05) is 26.2 Å². The van der Waals surface area contributed by atoms with Gasteiger partial charge in [-0.3, -0.25) is 0 Å². The number of nitrogens with one attached hydrogen (secondary N) is 1. The molecule has 1 fully saturated rings. The molecule has 1 heterocycles. The van der Waals surface area contributed by atoms with Crippen LogP contribution in [-0.2, 0) is 17.9 Å². The molecule has 0 radical (unpaired) electrons. The molecule has 6 heteroatoms. The molecule has 1 aliphatic rings. The van der Waals surface area contributed by atoms with Crippen LogP contribution in [0.5, 0.6) is 0 Å². The second-order valence-corrected chi connectivity index (χ2v) is 6.04. The molecule has 5 nitrogen and oxygen atoms in total. The Kier molecular flexibility index (Phi) is 5.63. The quantitative estimate of drug-likeness (QED) is 0.895. The lowest BCUT2D eigenvalue weighted by Crippen LogP contribution is -2.48. The summed E-state index contributed by atoms with van der Waals surface area (Å²) in [6.45, 7) is 2.19. The van der Waals surface area contributed by atoms with Crippen molar-refractivity contribution >= 4 is 6.09 Å². The lowest BCUT2D eigenvalue weighted by Gasteiger charge is -2.34. The molecular weight excluding hydrogens is 321 g/mol. The minimum atomic E-state index is -0.341. The molecule has 0 saturated carbocycles. The summed E-state index contributed by atoms with van der Waals surface area (Å²) < 4.78 is 18.8. The Morgan fingerprint density at radius 2 is 2.08 bits per heavy atom. The average Bonchev–Trinajstić information content (AvgIpc) is 2.67. The monoisotopic (exact) mass is 343 g/mol. The minimum absolute atomic E-state index is 0.0859. The highest BCUT2D eigenvalue weighted by Crippen LogP contribution is 2.22. The van der Waals surface area contributed by atoms with E-state index < -0.39 is 0 Å². The van der Waals surface area contributed by atoms with Crippen molar-refractivity contribution in [2.24, 2.45) is 5.73 Å². The number of carbonyl (C=O) groups is 1. The normalized spacial score (nSPS) is 17.4. The first-order valence-electron chi connectivity index (χ1n) is 8.35. The molecule has 0 aromatic heterocycles. The van der Waals surface area contributed by atoms with E-state index in [4.69, 9.17) is 10.5 Å². The number of rotatable bonds is 4. The molecular formula is C19H22FN3O2. The average molecular weight is 343 g/mol. The molecule has 1 aliphatic heterocycles. The van der Waals surface area contributed by atoms with Crippen LogP contribution in [0.15, 0.2) is 48.5 Å². The Bertz CT molecular complexity index is 724. The number of piperazine rings is 1. The molecule has 1 unspecified atom stereocenters. The summed E-state index contributed by atoms with van der Waals surface area (Å²) >= 11 is 0. The highest BCUT2D eigenvalue weighted by Gasteiger charge is 2.26. The van der Waals surface area contributed by atoms with E-state index in [0.29, 0.717) is 19.6 Å². The largest absolute Gasteiger partial charge is 0.445 e. The van der Waals surface area contributed by atoms with Crippen LogP contribution in [0.1, 0.15) is 22.7 Å². The van der Waals surface area contributed by atoms with E-state index in [0.717, 1.165) is 16.7 Å². The Hall–Kier alpha value is -2.44. The standard InChI is InChI=1S/C19H22FN3O2/c20-16-6-7-17(15(10-16)11-21)18-12-23(9-8-22-18)19(24)25-13-14-4-2-1-3-5-14/h1-7,10,18,22H,8-9,11-13,21H2. The number of nitrogens with zero attached hydrogens (tertiary/aromatic N) is 1. The first-order chi connectivity index (χ1) is 12.2. The van der Waals surface area contributed by atoms with Crippen LogP contribution in [-0.4, -0.2) is 30.6 Å². The van der Waals surface area contributed by atoms with Gasteiger partial charge in [-0.2, -0.15) is 0 Å². The molecule has 1 saturated heterocycles. The van der Waals surface area contributed by atoms with Crippen LogP contribution in [0, 0.1) is 5.82 Å². The van der Waals surface area contributed by atoms with E-state index in [9.17, 15) is 9.18 Å². The number of hydrogen-bond acceptors (Lipinski definition) is 4. The van der Waals surface area contributed by atoms with Gasteiger partial charge in [-0.1, -0.05) is 36.4 Å².